The van der Waals surface area contributed by atoms with Crippen LogP contribution >= 0.6 is 0 Å². The SMILES string of the molecule is COc1ccc([C@@H]2C[C@H](C(F)(F)F)n3nc(C(=O)NCc4ccc5c(c4)OCO5)cc3N2)cc1OC. The fourth-order valence-electron chi connectivity index (χ4n) is 4.30. The lowest BCUT2D eigenvalue weighted by molar-refractivity contribution is -0.173. The molecule has 0 unspecified atom stereocenters. The number of carbonyl (C=O) groups excluding carboxylic acids is 1. The van der Waals surface area contributed by atoms with E-state index in [4.69, 9.17) is 18.9 Å². The fraction of sp³-hybridized carbons (Fsp3) is 0.333. The number of ether oxygens (including phenoxy) is 4. The van der Waals surface area contributed by atoms with Crippen molar-refractivity contribution >= 4 is 11.7 Å². The Morgan fingerprint density at radius 2 is 1.89 bits per heavy atom. The summed E-state index contributed by atoms with van der Waals surface area (Å²) in [5, 5.41) is 9.75. The van der Waals surface area contributed by atoms with Gasteiger partial charge in [-0.1, -0.05) is 12.1 Å². The van der Waals surface area contributed by atoms with Crippen LogP contribution in [0, 0.1) is 0 Å². The van der Waals surface area contributed by atoms with Crippen LogP contribution in [-0.2, 0) is 6.54 Å². The molecule has 0 radical (unpaired) electrons. The van der Waals surface area contributed by atoms with E-state index in [2.05, 4.69) is 15.7 Å². The van der Waals surface area contributed by atoms with E-state index < -0.39 is 24.2 Å². The van der Waals surface area contributed by atoms with Gasteiger partial charge < -0.3 is 29.6 Å². The van der Waals surface area contributed by atoms with Crippen molar-refractivity contribution < 1.29 is 36.9 Å². The van der Waals surface area contributed by atoms with Gasteiger partial charge in [0.2, 0.25) is 6.79 Å². The van der Waals surface area contributed by atoms with Gasteiger partial charge in [0.25, 0.3) is 5.91 Å². The normalized spacial score (nSPS) is 18.2. The smallest absolute Gasteiger partial charge is 0.410 e. The number of nitrogens with one attached hydrogen (secondary N) is 2. The van der Waals surface area contributed by atoms with E-state index in [1.54, 1.807) is 36.4 Å². The molecule has 0 spiro atoms. The Hall–Kier alpha value is -4.09. The molecule has 0 saturated carbocycles. The van der Waals surface area contributed by atoms with E-state index in [1.807, 2.05) is 0 Å². The van der Waals surface area contributed by atoms with Crippen molar-refractivity contribution in [3.63, 3.8) is 0 Å². The molecule has 36 heavy (non-hydrogen) atoms. The Morgan fingerprint density at radius 3 is 2.64 bits per heavy atom. The third kappa shape index (κ3) is 4.45. The zero-order chi connectivity index (χ0) is 25.4. The number of hydrogen-bond donors (Lipinski definition) is 2. The first kappa shape index (κ1) is 23.6. The molecule has 2 aliphatic rings. The summed E-state index contributed by atoms with van der Waals surface area (Å²) in [5.41, 5.74) is 1.21. The summed E-state index contributed by atoms with van der Waals surface area (Å²) in [7, 11) is 2.94. The molecule has 2 N–H and O–H groups in total. The summed E-state index contributed by atoms with van der Waals surface area (Å²) >= 11 is 0. The number of amides is 1. The molecule has 0 fully saturated rings. The van der Waals surface area contributed by atoms with Gasteiger partial charge >= 0.3 is 6.18 Å². The van der Waals surface area contributed by atoms with Gasteiger partial charge in [-0.25, -0.2) is 4.68 Å². The van der Waals surface area contributed by atoms with Gasteiger partial charge in [-0.3, -0.25) is 4.79 Å². The van der Waals surface area contributed by atoms with E-state index in [-0.39, 0.29) is 31.3 Å². The van der Waals surface area contributed by atoms with E-state index in [0.29, 0.717) is 28.6 Å². The van der Waals surface area contributed by atoms with Gasteiger partial charge in [-0.2, -0.15) is 18.3 Å². The second kappa shape index (κ2) is 9.17. The maximum Gasteiger partial charge on any atom is 0.410 e. The van der Waals surface area contributed by atoms with Crippen LogP contribution in [0.3, 0.4) is 0 Å². The highest BCUT2D eigenvalue weighted by molar-refractivity contribution is 5.93. The molecule has 3 aromatic rings. The van der Waals surface area contributed by atoms with Crippen molar-refractivity contribution in [3.8, 4) is 23.0 Å². The van der Waals surface area contributed by atoms with Crippen molar-refractivity contribution in [1.82, 2.24) is 15.1 Å². The molecule has 1 amide bonds. The maximum atomic E-state index is 14.0. The van der Waals surface area contributed by atoms with Crippen LogP contribution in [0.5, 0.6) is 23.0 Å². The topological polar surface area (TPSA) is 95.9 Å². The van der Waals surface area contributed by atoms with Crippen LogP contribution < -0.4 is 29.6 Å². The molecule has 12 heteroatoms. The molecule has 2 atom stereocenters. The number of anilines is 1. The first-order chi connectivity index (χ1) is 17.3. The second-order valence-electron chi connectivity index (χ2n) is 8.33. The Balaban J connectivity index is 1.37. The van der Waals surface area contributed by atoms with Crippen LogP contribution in [-0.4, -0.2) is 42.9 Å². The molecule has 0 bridgehead atoms. The van der Waals surface area contributed by atoms with Crippen LogP contribution in [0.15, 0.2) is 42.5 Å². The number of nitrogens with zero attached hydrogens (tertiary/aromatic N) is 2. The van der Waals surface area contributed by atoms with E-state index >= 15 is 0 Å². The molecule has 2 aliphatic heterocycles. The summed E-state index contributed by atoms with van der Waals surface area (Å²) in [6.45, 7) is 0.269. The lowest BCUT2D eigenvalue weighted by Gasteiger charge is -2.33. The maximum absolute atomic E-state index is 14.0. The van der Waals surface area contributed by atoms with Gasteiger partial charge in [0.05, 0.1) is 20.3 Å². The number of halogens is 3. The number of alkyl halides is 3. The number of methoxy groups -OCH3 is 2. The van der Waals surface area contributed by atoms with E-state index in [9.17, 15) is 18.0 Å². The van der Waals surface area contributed by atoms with Gasteiger partial charge in [-0.05, 0) is 35.4 Å². The Labute approximate surface area is 204 Å². The number of fused-ring (bicyclic) bond motifs is 2. The Morgan fingerprint density at radius 1 is 1.11 bits per heavy atom. The number of carbonyl (C=O) groups is 1. The van der Waals surface area contributed by atoms with Crippen LogP contribution in [0.4, 0.5) is 19.0 Å². The van der Waals surface area contributed by atoms with Crippen molar-refractivity contribution in [1.29, 1.82) is 0 Å². The van der Waals surface area contributed by atoms with Gasteiger partial charge in [0, 0.05) is 19.0 Å². The third-order valence-electron chi connectivity index (χ3n) is 6.12. The van der Waals surface area contributed by atoms with Crippen molar-refractivity contribution in [2.24, 2.45) is 0 Å². The van der Waals surface area contributed by atoms with Crippen LogP contribution in [0.2, 0.25) is 0 Å². The Kier molecular flexibility index (Phi) is 6.02. The molecule has 0 saturated heterocycles. The lowest BCUT2D eigenvalue weighted by atomic mass is 9.96. The minimum atomic E-state index is -4.57. The van der Waals surface area contributed by atoms with E-state index in [1.165, 1.54) is 20.3 Å². The number of rotatable bonds is 6. The quantitative estimate of drug-likeness (QED) is 0.519. The minimum absolute atomic E-state index is 0.0941. The number of hydrogen-bond acceptors (Lipinski definition) is 7. The molecule has 1 aromatic heterocycles. The average molecular weight is 504 g/mol. The zero-order valence-electron chi connectivity index (χ0n) is 19.4. The van der Waals surface area contributed by atoms with Crippen molar-refractivity contribution in [2.45, 2.75) is 31.2 Å². The first-order valence-electron chi connectivity index (χ1n) is 11.1. The third-order valence-corrected chi connectivity index (χ3v) is 6.12. The molecule has 9 nitrogen and oxygen atoms in total. The highest BCUT2D eigenvalue weighted by Gasteiger charge is 2.47. The van der Waals surface area contributed by atoms with Gasteiger partial charge in [0.15, 0.2) is 34.7 Å². The van der Waals surface area contributed by atoms with Crippen molar-refractivity contribution in [2.75, 3.05) is 26.3 Å². The van der Waals surface area contributed by atoms with Crippen LogP contribution in [0.1, 0.15) is 40.1 Å². The molecule has 0 aliphatic carbocycles. The largest absolute Gasteiger partial charge is 0.493 e. The Bertz CT molecular complexity index is 1290. The summed E-state index contributed by atoms with van der Waals surface area (Å²) in [4.78, 5) is 12.7. The lowest BCUT2D eigenvalue weighted by Crippen LogP contribution is -2.35. The summed E-state index contributed by atoms with van der Waals surface area (Å²) < 4.78 is 63.9. The highest BCUT2D eigenvalue weighted by Crippen LogP contribution is 2.44. The predicted octanol–water partition coefficient (Wildman–Crippen LogP) is 4.22. The monoisotopic (exact) mass is 504 g/mol. The zero-order valence-corrected chi connectivity index (χ0v) is 19.4. The van der Waals surface area contributed by atoms with E-state index in [0.717, 1.165) is 10.2 Å². The molecule has 2 aromatic carbocycles. The van der Waals surface area contributed by atoms with Crippen LogP contribution in [0.25, 0.3) is 0 Å². The van der Waals surface area contributed by atoms with Crippen molar-refractivity contribution in [3.05, 3.63) is 59.3 Å². The number of aromatic nitrogens is 2. The fourth-order valence-corrected chi connectivity index (χ4v) is 4.30. The summed E-state index contributed by atoms with van der Waals surface area (Å²) in [6.07, 6.45) is -4.89. The summed E-state index contributed by atoms with van der Waals surface area (Å²) in [6, 6.07) is 8.89. The molecular weight excluding hydrogens is 481 g/mol. The summed E-state index contributed by atoms with van der Waals surface area (Å²) in [5.74, 6) is 1.55. The average Bonchev–Trinajstić information content (AvgIpc) is 3.52. The number of benzene rings is 2. The second-order valence-corrected chi connectivity index (χ2v) is 8.33. The molecule has 3 heterocycles. The van der Waals surface area contributed by atoms with Gasteiger partial charge in [-0.15, -0.1) is 0 Å². The first-order valence-corrected chi connectivity index (χ1v) is 11.1. The molecular formula is C24H23F3N4O5. The predicted molar refractivity (Wildman–Crippen MR) is 122 cm³/mol. The standard InChI is InChI=1S/C24H23F3N4O5/c1-33-17-6-4-14(8-19(17)34-2)15-9-21(24(25,26)27)31-22(29-15)10-16(30-31)23(32)28-11-13-3-5-18-20(7-13)36-12-35-18/h3-8,10,15,21,29H,9,11-12H2,1-2H3,(H,28,32)/t15-,21+/m0/s1. The minimum Gasteiger partial charge on any atom is -0.493 e. The molecule has 5 rings (SSSR count). The highest BCUT2D eigenvalue weighted by atomic mass is 19.4. The van der Waals surface area contributed by atoms with Gasteiger partial charge in [0.1, 0.15) is 5.82 Å². The molecule has 190 valence electrons.